The van der Waals surface area contributed by atoms with E-state index in [-0.39, 0.29) is 16.5 Å². The third kappa shape index (κ3) is 38.6. The van der Waals surface area contributed by atoms with Crippen molar-refractivity contribution in [2.24, 2.45) is 0 Å². The topological polar surface area (TPSA) is 55.8 Å². The molecule has 0 spiro atoms. The van der Waals surface area contributed by atoms with Crippen molar-refractivity contribution in [2.75, 3.05) is 13.2 Å². The van der Waals surface area contributed by atoms with Crippen molar-refractivity contribution in [1.82, 2.24) is 0 Å². The third-order valence-corrected chi connectivity index (χ3v) is 9.52. The molecule has 4 nitrogen and oxygen atoms in total. The van der Waals surface area contributed by atoms with E-state index in [0.717, 1.165) is 25.7 Å². The Hall–Kier alpha value is 0.604. The Labute approximate surface area is 274 Å². The zero-order chi connectivity index (χ0) is 30.0. The zero-order valence-electron chi connectivity index (χ0n) is 28.5. The van der Waals surface area contributed by atoms with Crippen molar-refractivity contribution in [2.45, 2.75) is 219 Å². The normalized spacial score (nSPS) is 11.7. The first kappa shape index (κ1) is 44.7. The molecule has 0 rings (SSSR count). The van der Waals surface area contributed by atoms with E-state index in [1.807, 2.05) is 0 Å². The maximum Gasteiger partial charge on any atom is 0.472 e. The zero-order valence-corrected chi connectivity index (χ0v) is 30.4. The standard InChI is InChI=1S/C36H75O4P.Ni/c1-3-5-7-9-11-13-15-17-19-21-23-25-27-29-31-33-35-39-41(37,38)40-36-34-32-30-28-26-24-22-20-18-16-14-12-10-8-6-4-2;/h3-36H2,1-2H3,(H,37,38);. The summed E-state index contributed by atoms with van der Waals surface area (Å²) < 4.78 is 22.4. The van der Waals surface area contributed by atoms with Crippen molar-refractivity contribution in [3.8, 4) is 0 Å². The third-order valence-electron chi connectivity index (χ3n) is 8.50. The second kappa shape index (κ2) is 37.8. The molecular formula is C36H75NiO4P. The summed E-state index contributed by atoms with van der Waals surface area (Å²) in [7, 11) is -3.87. The van der Waals surface area contributed by atoms with Gasteiger partial charge >= 0.3 is 7.82 Å². The van der Waals surface area contributed by atoms with Crippen LogP contribution in [0.1, 0.15) is 219 Å². The molecule has 0 unspecified atom stereocenters. The fourth-order valence-electron chi connectivity index (χ4n) is 5.70. The molecule has 0 atom stereocenters. The van der Waals surface area contributed by atoms with E-state index in [0.29, 0.717) is 13.2 Å². The minimum absolute atomic E-state index is 0. The van der Waals surface area contributed by atoms with E-state index in [1.54, 1.807) is 0 Å². The average molecular weight is 662 g/mol. The van der Waals surface area contributed by atoms with Crippen LogP contribution in [0, 0.1) is 0 Å². The van der Waals surface area contributed by atoms with Gasteiger partial charge in [-0.25, -0.2) is 4.57 Å². The Bertz CT molecular complexity index is 493. The minimum atomic E-state index is -3.87. The summed E-state index contributed by atoms with van der Waals surface area (Å²) in [6.07, 6.45) is 42.2. The summed E-state index contributed by atoms with van der Waals surface area (Å²) in [6, 6.07) is 0. The molecule has 0 saturated heterocycles. The Balaban J connectivity index is 0. The molecule has 42 heavy (non-hydrogen) atoms. The monoisotopic (exact) mass is 660 g/mol. The second-order valence-electron chi connectivity index (χ2n) is 12.7. The second-order valence-corrected chi connectivity index (χ2v) is 14.2. The number of phosphoric ester groups is 1. The van der Waals surface area contributed by atoms with Gasteiger partial charge in [0.2, 0.25) is 0 Å². The predicted octanol–water partition coefficient (Wildman–Crippen LogP) is 13.6. The van der Waals surface area contributed by atoms with Gasteiger partial charge in [0.05, 0.1) is 13.2 Å². The fraction of sp³-hybridized carbons (Fsp3) is 1.00. The van der Waals surface area contributed by atoms with Crippen molar-refractivity contribution in [1.29, 1.82) is 0 Å². The van der Waals surface area contributed by atoms with Crippen LogP contribution in [0.3, 0.4) is 0 Å². The Morgan fingerprint density at radius 3 is 0.714 bits per heavy atom. The first-order chi connectivity index (χ1) is 20.1. The maximum atomic E-state index is 12.0. The average Bonchev–Trinajstić information content (AvgIpc) is 2.96. The van der Waals surface area contributed by atoms with Crippen LogP contribution in [0.15, 0.2) is 0 Å². The maximum absolute atomic E-state index is 12.0. The molecule has 0 heterocycles. The fourth-order valence-corrected chi connectivity index (χ4v) is 6.49. The van der Waals surface area contributed by atoms with Crippen molar-refractivity contribution < 1.29 is 35.0 Å². The van der Waals surface area contributed by atoms with Crippen LogP contribution < -0.4 is 0 Å². The molecule has 0 aliphatic heterocycles. The number of hydrogen-bond acceptors (Lipinski definition) is 3. The van der Waals surface area contributed by atoms with Crippen molar-refractivity contribution in [3.05, 3.63) is 0 Å². The molecule has 0 aliphatic carbocycles. The Morgan fingerprint density at radius 1 is 0.357 bits per heavy atom. The van der Waals surface area contributed by atoms with Gasteiger partial charge in [0.1, 0.15) is 0 Å². The molecule has 0 bridgehead atoms. The van der Waals surface area contributed by atoms with Gasteiger partial charge in [0, 0.05) is 16.5 Å². The summed E-state index contributed by atoms with van der Waals surface area (Å²) in [6.45, 7) is 5.21. The van der Waals surface area contributed by atoms with E-state index in [1.165, 1.54) is 180 Å². The number of unbranched alkanes of at least 4 members (excludes halogenated alkanes) is 30. The van der Waals surface area contributed by atoms with E-state index in [2.05, 4.69) is 13.8 Å². The molecule has 0 aromatic rings. The molecule has 0 aromatic heterocycles. The van der Waals surface area contributed by atoms with Crippen LogP contribution in [-0.2, 0) is 30.1 Å². The molecule has 0 saturated carbocycles. The Morgan fingerprint density at radius 2 is 0.524 bits per heavy atom. The van der Waals surface area contributed by atoms with Gasteiger partial charge < -0.3 is 4.89 Å². The van der Waals surface area contributed by atoms with Gasteiger partial charge in [-0.3, -0.25) is 9.05 Å². The molecular weight excluding hydrogens is 586 g/mol. The van der Waals surface area contributed by atoms with Crippen LogP contribution in [0.2, 0.25) is 0 Å². The smallest absolute Gasteiger partial charge is 0.302 e. The molecule has 6 heteroatoms. The molecule has 0 fully saturated rings. The van der Waals surface area contributed by atoms with Gasteiger partial charge in [-0.15, -0.1) is 0 Å². The van der Waals surface area contributed by atoms with Crippen LogP contribution in [-0.4, -0.2) is 18.1 Å². The van der Waals surface area contributed by atoms with E-state index in [4.69, 9.17) is 9.05 Å². The summed E-state index contributed by atoms with van der Waals surface area (Å²) >= 11 is 0. The number of phosphoric acid groups is 1. The molecule has 0 amide bonds. The SMILES string of the molecule is CCCCCCCCCCCCCCCCCCOP(=O)(O)OCCCCCCCCCCCCCCCCCC.[Ni]. The molecule has 0 radical (unpaired) electrons. The predicted molar refractivity (Wildman–Crippen MR) is 181 cm³/mol. The minimum Gasteiger partial charge on any atom is -0.302 e. The molecule has 258 valence electrons. The number of rotatable bonds is 36. The van der Waals surface area contributed by atoms with Gasteiger partial charge in [0.15, 0.2) is 0 Å². The van der Waals surface area contributed by atoms with Crippen molar-refractivity contribution >= 4 is 7.82 Å². The van der Waals surface area contributed by atoms with E-state index >= 15 is 0 Å². The number of hydrogen-bond donors (Lipinski definition) is 1. The van der Waals surface area contributed by atoms with Crippen molar-refractivity contribution in [3.63, 3.8) is 0 Å². The Kier molecular flexibility index (Phi) is 40.2. The first-order valence-corrected chi connectivity index (χ1v) is 20.2. The van der Waals surface area contributed by atoms with E-state index < -0.39 is 7.82 Å². The van der Waals surface area contributed by atoms with Crippen LogP contribution in [0.25, 0.3) is 0 Å². The van der Waals surface area contributed by atoms with E-state index in [9.17, 15) is 9.46 Å². The summed E-state index contributed by atoms with van der Waals surface area (Å²) in [5, 5.41) is 0. The molecule has 0 aromatic carbocycles. The molecule has 0 aliphatic rings. The van der Waals surface area contributed by atoms with Gasteiger partial charge in [-0.05, 0) is 12.8 Å². The summed E-state index contributed by atoms with van der Waals surface area (Å²) in [5.41, 5.74) is 0. The van der Waals surface area contributed by atoms with Crippen LogP contribution in [0.5, 0.6) is 0 Å². The quantitative estimate of drug-likeness (QED) is 0.0412. The van der Waals surface area contributed by atoms with Gasteiger partial charge in [-0.2, -0.15) is 0 Å². The summed E-state index contributed by atoms with van der Waals surface area (Å²) in [4.78, 5) is 9.88. The van der Waals surface area contributed by atoms with Crippen LogP contribution in [0.4, 0.5) is 0 Å². The summed E-state index contributed by atoms with van der Waals surface area (Å²) in [5.74, 6) is 0. The van der Waals surface area contributed by atoms with Crippen LogP contribution >= 0.6 is 7.82 Å². The molecule has 1 N–H and O–H groups in total. The largest absolute Gasteiger partial charge is 0.472 e. The first-order valence-electron chi connectivity index (χ1n) is 18.7. The van der Waals surface area contributed by atoms with Gasteiger partial charge in [-0.1, -0.05) is 206 Å². The van der Waals surface area contributed by atoms with Gasteiger partial charge in [0.25, 0.3) is 0 Å².